The van der Waals surface area contributed by atoms with Crippen molar-refractivity contribution < 1.29 is 23.9 Å². The summed E-state index contributed by atoms with van der Waals surface area (Å²) < 4.78 is 10.5. The third kappa shape index (κ3) is 6.82. The van der Waals surface area contributed by atoms with E-state index in [4.69, 9.17) is 15.2 Å². The molecule has 138 valence electrons. The van der Waals surface area contributed by atoms with Gasteiger partial charge in [-0.2, -0.15) is 0 Å². The Morgan fingerprint density at radius 1 is 1.12 bits per heavy atom. The van der Waals surface area contributed by atoms with Crippen LogP contribution in [-0.4, -0.2) is 30.6 Å². The van der Waals surface area contributed by atoms with Gasteiger partial charge in [0.2, 0.25) is 0 Å². The average molecular weight is 350 g/mol. The maximum absolute atomic E-state index is 11.9. The zero-order chi connectivity index (χ0) is 19.2. The Labute approximate surface area is 147 Å². The van der Waals surface area contributed by atoms with E-state index in [9.17, 15) is 14.4 Å². The lowest BCUT2D eigenvalue weighted by molar-refractivity contribution is -0.160. The van der Waals surface area contributed by atoms with Crippen LogP contribution in [-0.2, 0) is 19.7 Å². The number of esters is 1. The number of benzene rings is 1. The van der Waals surface area contributed by atoms with Gasteiger partial charge in [-0.05, 0) is 29.0 Å². The molecule has 0 bridgehead atoms. The van der Waals surface area contributed by atoms with Crippen LogP contribution in [0, 0.1) is 5.92 Å². The SMILES string of the molecule is CC(C)[C@H](OC(=O)COc1ccc(C(C)(C)C)cc1)C(=O)NC(N)=O. The summed E-state index contributed by atoms with van der Waals surface area (Å²) in [5.41, 5.74) is 6.07. The number of urea groups is 1. The van der Waals surface area contributed by atoms with Crippen molar-refractivity contribution in [2.45, 2.75) is 46.1 Å². The second-order valence-corrected chi connectivity index (χ2v) is 7.07. The number of primary amides is 1. The number of hydrogen-bond donors (Lipinski definition) is 2. The molecule has 25 heavy (non-hydrogen) atoms. The molecule has 0 unspecified atom stereocenters. The molecule has 0 saturated carbocycles. The number of ether oxygens (including phenoxy) is 2. The number of amides is 3. The Morgan fingerprint density at radius 3 is 2.12 bits per heavy atom. The molecule has 7 heteroatoms. The molecule has 0 aliphatic rings. The van der Waals surface area contributed by atoms with Gasteiger partial charge in [0.25, 0.3) is 5.91 Å². The van der Waals surface area contributed by atoms with Crippen molar-refractivity contribution in [2.75, 3.05) is 6.61 Å². The van der Waals surface area contributed by atoms with Crippen molar-refractivity contribution in [3.63, 3.8) is 0 Å². The average Bonchev–Trinajstić information content (AvgIpc) is 2.49. The molecule has 7 nitrogen and oxygen atoms in total. The molecule has 0 aromatic heterocycles. The quantitative estimate of drug-likeness (QED) is 0.764. The highest BCUT2D eigenvalue weighted by Gasteiger charge is 2.27. The molecular weight excluding hydrogens is 324 g/mol. The summed E-state index contributed by atoms with van der Waals surface area (Å²) in [7, 11) is 0. The van der Waals surface area contributed by atoms with Crippen LogP contribution in [0.5, 0.6) is 5.75 Å². The standard InChI is InChI=1S/C18H26N2O5/c1-11(2)15(16(22)20-17(19)23)25-14(21)10-24-13-8-6-12(7-9-13)18(3,4)5/h6-9,11,15H,10H2,1-5H3,(H3,19,20,22,23)/t15-/m0/s1. The summed E-state index contributed by atoms with van der Waals surface area (Å²) in [4.78, 5) is 34.5. The molecule has 1 aromatic rings. The fraction of sp³-hybridized carbons (Fsp3) is 0.500. The van der Waals surface area contributed by atoms with Gasteiger partial charge in [-0.3, -0.25) is 10.1 Å². The molecule has 3 N–H and O–H groups in total. The molecule has 1 atom stereocenters. The molecule has 0 spiro atoms. The number of imide groups is 1. The van der Waals surface area contributed by atoms with E-state index >= 15 is 0 Å². The molecule has 1 rings (SSSR count). The third-order valence-corrected chi connectivity index (χ3v) is 3.45. The Bertz CT molecular complexity index is 617. The number of nitrogens with two attached hydrogens (primary N) is 1. The van der Waals surface area contributed by atoms with Crippen LogP contribution in [0.3, 0.4) is 0 Å². The monoisotopic (exact) mass is 350 g/mol. The van der Waals surface area contributed by atoms with Gasteiger partial charge in [0.05, 0.1) is 0 Å². The molecular formula is C18H26N2O5. The van der Waals surface area contributed by atoms with Gasteiger partial charge in [-0.25, -0.2) is 9.59 Å². The van der Waals surface area contributed by atoms with Crippen molar-refractivity contribution in [1.29, 1.82) is 0 Å². The molecule has 0 radical (unpaired) electrons. The lowest BCUT2D eigenvalue weighted by atomic mass is 9.87. The van der Waals surface area contributed by atoms with Crippen molar-refractivity contribution in [3.8, 4) is 5.75 Å². The molecule has 0 saturated heterocycles. The van der Waals surface area contributed by atoms with Crippen molar-refractivity contribution in [1.82, 2.24) is 5.32 Å². The van der Waals surface area contributed by atoms with E-state index in [-0.39, 0.29) is 17.9 Å². The Kier molecular flexibility index (Phi) is 6.97. The minimum Gasteiger partial charge on any atom is -0.482 e. The Morgan fingerprint density at radius 2 is 1.68 bits per heavy atom. The summed E-state index contributed by atoms with van der Waals surface area (Å²) in [5.74, 6) is -1.27. The summed E-state index contributed by atoms with van der Waals surface area (Å²) in [6, 6.07) is 6.40. The molecule has 0 aliphatic carbocycles. The minimum atomic E-state index is -1.12. The highest BCUT2D eigenvalue weighted by Crippen LogP contribution is 2.24. The van der Waals surface area contributed by atoms with E-state index in [1.807, 2.05) is 17.4 Å². The van der Waals surface area contributed by atoms with E-state index in [1.165, 1.54) is 0 Å². The van der Waals surface area contributed by atoms with Crippen LogP contribution in [0.2, 0.25) is 0 Å². The first kappa shape index (κ1) is 20.5. The molecule has 0 heterocycles. The van der Waals surface area contributed by atoms with Crippen molar-refractivity contribution in [3.05, 3.63) is 29.8 Å². The lowest BCUT2D eigenvalue weighted by Crippen LogP contribution is -2.46. The fourth-order valence-corrected chi connectivity index (χ4v) is 2.05. The molecule has 3 amide bonds. The van der Waals surface area contributed by atoms with Gasteiger partial charge >= 0.3 is 12.0 Å². The van der Waals surface area contributed by atoms with Crippen molar-refractivity contribution in [2.24, 2.45) is 11.7 Å². The molecule has 0 fully saturated rings. The van der Waals surface area contributed by atoms with Gasteiger partial charge in [-0.15, -0.1) is 0 Å². The zero-order valence-electron chi connectivity index (χ0n) is 15.3. The number of carbonyl (C=O) groups is 3. The predicted octanol–water partition coefficient (Wildman–Crippen LogP) is 2.13. The van der Waals surface area contributed by atoms with Crippen LogP contribution >= 0.6 is 0 Å². The van der Waals surface area contributed by atoms with Crippen molar-refractivity contribution >= 4 is 17.9 Å². The van der Waals surface area contributed by atoms with E-state index in [0.29, 0.717) is 5.75 Å². The normalized spacial score (nSPS) is 12.4. The van der Waals surface area contributed by atoms with Crippen LogP contribution < -0.4 is 15.8 Å². The van der Waals surface area contributed by atoms with Crippen LogP contribution in [0.25, 0.3) is 0 Å². The largest absolute Gasteiger partial charge is 0.482 e. The van der Waals surface area contributed by atoms with E-state index in [1.54, 1.807) is 26.0 Å². The minimum absolute atomic E-state index is 0.0235. The van der Waals surface area contributed by atoms with Gasteiger partial charge < -0.3 is 15.2 Å². The topological polar surface area (TPSA) is 108 Å². The van der Waals surface area contributed by atoms with E-state index in [0.717, 1.165) is 5.56 Å². The highest BCUT2D eigenvalue weighted by atomic mass is 16.6. The Hall–Kier alpha value is -2.57. The van der Waals surface area contributed by atoms with Gasteiger partial charge in [-0.1, -0.05) is 46.8 Å². The highest BCUT2D eigenvalue weighted by molar-refractivity contribution is 5.96. The first-order valence-corrected chi connectivity index (χ1v) is 8.04. The second-order valence-electron chi connectivity index (χ2n) is 7.07. The third-order valence-electron chi connectivity index (χ3n) is 3.45. The van der Waals surface area contributed by atoms with E-state index < -0.39 is 24.0 Å². The van der Waals surface area contributed by atoms with Gasteiger partial charge in [0.1, 0.15) is 5.75 Å². The fourth-order valence-electron chi connectivity index (χ4n) is 2.05. The summed E-state index contributed by atoms with van der Waals surface area (Å²) >= 11 is 0. The number of nitrogens with one attached hydrogen (secondary N) is 1. The number of rotatable bonds is 6. The Balaban J connectivity index is 2.60. The molecule has 0 aliphatic heterocycles. The number of hydrogen-bond acceptors (Lipinski definition) is 5. The zero-order valence-corrected chi connectivity index (χ0v) is 15.3. The summed E-state index contributed by atoms with van der Waals surface area (Å²) in [6.45, 7) is 9.33. The van der Waals surface area contributed by atoms with E-state index in [2.05, 4.69) is 20.8 Å². The summed E-state index contributed by atoms with van der Waals surface area (Å²) in [5, 5.41) is 1.91. The maximum atomic E-state index is 11.9. The van der Waals surface area contributed by atoms with Crippen LogP contribution in [0.15, 0.2) is 24.3 Å². The first-order chi connectivity index (χ1) is 11.5. The van der Waals surface area contributed by atoms with Crippen LogP contribution in [0.1, 0.15) is 40.2 Å². The lowest BCUT2D eigenvalue weighted by Gasteiger charge is -2.20. The summed E-state index contributed by atoms with van der Waals surface area (Å²) in [6.07, 6.45) is -1.12. The molecule has 1 aromatic carbocycles. The second kappa shape index (κ2) is 8.50. The van der Waals surface area contributed by atoms with Gasteiger partial charge in [0.15, 0.2) is 12.7 Å². The maximum Gasteiger partial charge on any atom is 0.344 e. The predicted molar refractivity (Wildman–Crippen MR) is 93.1 cm³/mol. The first-order valence-electron chi connectivity index (χ1n) is 8.04. The number of carbonyl (C=O) groups excluding carboxylic acids is 3. The smallest absolute Gasteiger partial charge is 0.344 e. The van der Waals surface area contributed by atoms with Gasteiger partial charge in [0, 0.05) is 0 Å². The van der Waals surface area contributed by atoms with Crippen LogP contribution in [0.4, 0.5) is 4.79 Å².